The van der Waals surface area contributed by atoms with Crippen LogP contribution in [0.2, 0.25) is 0 Å². The molecule has 29 heavy (non-hydrogen) atoms. The number of carboxylic acids is 1. The van der Waals surface area contributed by atoms with E-state index < -0.39 is 5.97 Å². The first-order valence-corrected chi connectivity index (χ1v) is 10.7. The van der Waals surface area contributed by atoms with Crippen molar-refractivity contribution in [3.63, 3.8) is 0 Å². The number of rotatable bonds is 7. The van der Waals surface area contributed by atoms with Gasteiger partial charge in [0.05, 0.1) is 23.4 Å². The summed E-state index contributed by atoms with van der Waals surface area (Å²) >= 11 is 1.66. The van der Waals surface area contributed by atoms with E-state index in [9.17, 15) is 4.79 Å². The van der Waals surface area contributed by atoms with Crippen LogP contribution in [0, 0.1) is 0 Å². The molecular weight excluding hydrogens is 384 g/mol. The minimum atomic E-state index is -0.761. The maximum atomic E-state index is 11.0. The molecule has 4 rings (SSSR count). The SMILES string of the molecule is O=C(O)CCC/C(=C\c1ccc(N2CCOCC2)cc1)c1nc2ccccc2s1. The third-order valence-corrected chi connectivity index (χ3v) is 6.13. The second-order valence-corrected chi connectivity index (χ2v) is 8.13. The number of ether oxygens (including phenoxy) is 1. The van der Waals surface area contributed by atoms with Gasteiger partial charge in [-0.1, -0.05) is 24.3 Å². The molecule has 0 radical (unpaired) electrons. The number of nitrogens with zero attached hydrogens (tertiary/aromatic N) is 2. The Morgan fingerprint density at radius 2 is 1.86 bits per heavy atom. The predicted octanol–water partition coefficient (Wildman–Crippen LogP) is 4.93. The molecule has 1 fully saturated rings. The molecule has 2 aromatic carbocycles. The molecule has 6 heteroatoms. The number of aliphatic carboxylic acids is 1. The van der Waals surface area contributed by atoms with Crippen molar-refractivity contribution in [3.05, 3.63) is 59.1 Å². The fourth-order valence-electron chi connectivity index (χ4n) is 3.48. The lowest BCUT2D eigenvalue weighted by atomic mass is 10.0. The van der Waals surface area contributed by atoms with Crippen molar-refractivity contribution in [1.82, 2.24) is 4.98 Å². The number of para-hydroxylation sites is 1. The van der Waals surface area contributed by atoms with Gasteiger partial charge in [0.15, 0.2) is 0 Å². The van der Waals surface area contributed by atoms with Gasteiger partial charge in [-0.3, -0.25) is 4.79 Å². The fourth-order valence-corrected chi connectivity index (χ4v) is 4.49. The number of allylic oxidation sites excluding steroid dienone is 1. The lowest BCUT2D eigenvalue weighted by Gasteiger charge is -2.28. The molecule has 0 aliphatic carbocycles. The van der Waals surface area contributed by atoms with Crippen molar-refractivity contribution >= 4 is 44.9 Å². The summed E-state index contributed by atoms with van der Waals surface area (Å²) in [6.07, 6.45) is 3.60. The fraction of sp³-hybridized carbons (Fsp3) is 0.304. The molecule has 3 aromatic rings. The van der Waals surface area contributed by atoms with Crippen LogP contribution in [-0.2, 0) is 9.53 Å². The summed E-state index contributed by atoms with van der Waals surface area (Å²) < 4.78 is 6.57. The summed E-state index contributed by atoms with van der Waals surface area (Å²) in [6, 6.07) is 16.6. The van der Waals surface area contributed by atoms with Crippen LogP contribution in [0.5, 0.6) is 0 Å². The first-order chi connectivity index (χ1) is 14.2. The number of anilines is 1. The van der Waals surface area contributed by atoms with E-state index in [1.165, 1.54) is 5.69 Å². The van der Waals surface area contributed by atoms with Crippen LogP contribution in [0.3, 0.4) is 0 Å². The summed E-state index contributed by atoms with van der Waals surface area (Å²) in [7, 11) is 0. The monoisotopic (exact) mass is 408 g/mol. The number of carboxylic acid groups (broad SMARTS) is 1. The topological polar surface area (TPSA) is 62.7 Å². The van der Waals surface area contributed by atoms with Crippen molar-refractivity contribution in [1.29, 1.82) is 0 Å². The molecule has 1 N–H and O–H groups in total. The van der Waals surface area contributed by atoms with Crippen molar-refractivity contribution in [3.8, 4) is 0 Å². The Balaban J connectivity index is 1.59. The summed E-state index contributed by atoms with van der Waals surface area (Å²) in [5.74, 6) is -0.761. The van der Waals surface area contributed by atoms with Crippen LogP contribution < -0.4 is 4.90 Å². The molecule has 150 valence electrons. The Morgan fingerprint density at radius 1 is 1.10 bits per heavy atom. The van der Waals surface area contributed by atoms with E-state index in [1.54, 1.807) is 11.3 Å². The third-order valence-electron chi connectivity index (χ3n) is 5.02. The largest absolute Gasteiger partial charge is 0.481 e. The molecule has 0 atom stereocenters. The van der Waals surface area contributed by atoms with E-state index >= 15 is 0 Å². The van der Waals surface area contributed by atoms with Crippen molar-refractivity contribution in [2.45, 2.75) is 19.3 Å². The van der Waals surface area contributed by atoms with E-state index in [0.717, 1.165) is 52.7 Å². The summed E-state index contributed by atoms with van der Waals surface area (Å²) in [5, 5.41) is 9.98. The van der Waals surface area contributed by atoms with Crippen LogP contribution in [-0.4, -0.2) is 42.4 Å². The zero-order chi connectivity index (χ0) is 20.1. The van der Waals surface area contributed by atoms with E-state index in [4.69, 9.17) is 14.8 Å². The molecule has 1 saturated heterocycles. The average molecular weight is 409 g/mol. The van der Waals surface area contributed by atoms with Gasteiger partial charge in [-0.05, 0) is 54.3 Å². The lowest BCUT2D eigenvalue weighted by Crippen LogP contribution is -2.36. The number of fused-ring (bicyclic) bond motifs is 1. The molecule has 1 aromatic heterocycles. The molecular formula is C23H24N2O3S. The van der Waals surface area contributed by atoms with Gasteiger partial charge in [-0.15, -0.1) is 11.3 Å². The summed E-state index contributed by atoms with van der Waals surface area (Å²) in [4.78, 5) is 18.1. The second kappa shape index (κ2) is 9.20. The zero-order valence-electron chi connectivity index (χ0n) is 16.2. The number of benzene rings is 2. The first kappa shape index (κ1) is 19.6. The molecule has 0 bridgehead atoms. The predicted molar refractivity (Wildman–Crippen MR) is 118 cm³/mol. The zero-order valence-corrected chi connectivity index (χ0v) is 17.0. The van der Waals surface area contributed by atoms with Gasteiger partial charge < -0.3 is 14.7 Å². The Bertz CT molecular complexity index is 971. The summed E-state index contributed by atoms with van der Waals surface area (Å²) in [5.41, 5.74) is 4.38. The van der Waals surface area contributed by atoms with Gasteiger partial charge in [-0.25, -0.2) is 4.98 Å². The Morgan fingerprint density at radius 3 is 2.59 bits per heavy atom. The van der Waals surface area contributed by atoms with Crippen LogP contribution in [0.15, 0.2) is 48.5 Å². The highest BCUT2D eigenvalue weighted by Crippen LogP contribution is 2.31. The van der Waals surface area contributed by atoms with E-state index in [2.05, 4.69) is 41.3 Å². The lowest BCUT2D eigenvalue weighted by molar-refractivity contribution is -0.137. The first-order valence-electron chi connectivity index (χ1n) is 9.90. The highest BCUT2D eigenvalue weighted by Gasteiger charge is 2.12. The van der Waals surface area contributed by atoms with Crippen molar-refractivity contribution in [2.75, 3.05) is 31.2 Å². The van der Waals surface area contributed by atoms with Gasteiger partial charge in [0, 0.05) is 25.2 Å². The number of hydrogen-bond acceptors (Lipinski definition) is 5. The number of carbonyl (C=O) groups is 1. The third kappa shape index (κ3) is 5.02. The maximum Gasteiger partial charge on any atom is 0.303 e. The summed E-state index contributed by atoms with van der Waals surface area (Å²) in [6.45, 7) is 3.38. The van der Waals surface area contributed by atoms with Crippen molar-refractivity contribution < 1.29 is 14.6 Å². The van der Waals surface area contributed by atoms with Gasteiger partial charge in [0.1, 0.15) is 5.01 Å². The molecule has 0 saturated carbocycles. The van der Waals surface area contributed by atoms with E-state index in [1.807, 2.05) is 18.2 Å². The highest BCUT2D eigenvalue weighted by molar-refractivity contribution is 7.19. The van der Waals surface area contributed by atoms with Gasteiger partial charge in [0.2, 0.25) is 0 Å². The standard InChI is InChI=1S/C23H24N2O3S/c26-22(27)7-3-4-18(23-24-20-5-1-2-6-21(20)29-23)16-17-8-10-19(11-9-17)25-12-14-28-15-13-25/h1-2,5-6,8-11,16H,3-4,7,12-15H2,(H,26,27)/b18-16+. The minimum Gasteiger partial charge on any atom is -0.481 e. The second-order valence-electron chi connectivity index (χ2n) is 7.09. The highest BCUT2D eigenvalue weighted by atomic mass is 32.1. The number of aromatic nitrogens is 1. The molecule has 0 unspecified atom stereocenters. The van der Waals surface area contributed by atoms with Crippen LogP contribution in [0.1, 0.15) is 29.8 Å². The number of hydrogen-bond donors (Lipinski definition) is 1. The minimum absolute atomic E-state index is 0.165. The van der Waals surface area contributed by atoms with Gasteiger partial charge >= 0.3 is 5.97 Å². The molecule has 5 nitrogen and oxygen atoms in total. The van der Waals surface area contributed by atoms with Gasteiger partial charge in [0.25, 0.3) is 0 Å². The van der Waals surface area contributed by atoms with E-state index in [0.29, 0.717) is 12.8 Å². The number of thiazole rings is 1. The molecule has 0 amide bonds. The average Bonchev–Trinajstić information content (AvgIpc) is 3.18. The Hall–Kier alpha value is -2.70. The maximum absolute atomic E-state index is 11.0. The Kier molecular flexibility index (Phi) is 6.22. The van der Waals surface area contributed by atoms with Crippen LogP contribution in [0.25, 0.3) is 21.9 Å². The molecule has 1 aliphatic rings. The number of morpholine rings is 1. The smallest absolute Gasteiger partial charge is 0.303 e. The Labute approximate surface area is 174 Å². The molecule has 2 heterocycles. The normalized spacial score (nSPS) is 15.0. The van der Waals surface area contributed by atoms with Crippen LogP contribution in [0.4, 0.5) is 5.69 Å². The quantitative estimate of drug-likeness (QED) is 0.601. The van der Waals surface area contributed by atoms with E-state index in [-0.39, 0.29) is 6.42 Å². The molecule has 1 aliphatic heterocycles. The molecule has 0 spiro atoms. The van der Waals surface area contributed by atoms with Crippen LogP contribution >= 0.6 is 11.3 Å². The van der Waals surface area contributed by atoms with Gasteiger partial charge in [-0.2, -0.15) is 0 Å². The van der Waals surface area contributed by atoms with Crippen molar-refractivity contribution in [2.24, 2.45) is 0 Å².